The third kappa shape index (κ3) is 4.76. The van der Waals surface area contributed by atoms with E-state index in [-0.39, 0.29) is 24.1 Å². The highest BCUT2D eigenvalue weighted by atomic mass is 35.5. The summed E-state index contributed by atoms with van der Waals surface area (Å²) in [5.41, 5.74) is 6.42. The molecule has 0 aliphatic heterocycles. The second-order valence-corrected chi connectivity index (χ2v) is 4.21. The minimum absolute atomic E-state index is 0. The van der Waals surface area contributed by atoms with Crippen molar-refractivity contribution >= 4 is 12.4 Å². The van der Waals surface area contributed by atoms with Crippen LogP contribution in [0, 0.1) is 5.92 Å². The van der Waals surface area contributed by atoms with Crippen LogP contribution in [0.1, 0.15) is 25.5 Å². The Morgan fingerprint density at radius 1 is 1.28 bits per heavy atom. The van der Waals surface area contributed by atoms with Gasteiger partial charge in [-0.05, 0) is 23.6 Å². The molecular weight excluding hydrogens is 264 g/mol. The molecule has 0 saturated carbocycles. The Morgan fingerprint density at radius 2 is 1.89 bits per heavy atom. The predicted molar refractivity (Wildman–Crippen MR) is 68.1 cm³/mol. The van der Waals surface area contributed by atoms with E-state index in [0.29, 0.717) is 5.56 Å². The van der Waals surface area contributed by atoms with Gasteiger partial charge in [0.2, 0.25) is 0 Å². The molecule has 3 nitrogen and oxygen atoms in total. The zero-order valence-electron chi connectivity index (χ0n) is 10.2. The minimum Gasteiger partial charge on any atom is -0.435 e. The van der Waals surface area contributed by atoms with Gasteiger partial charge in [-0.2, -0.15) is 8.78 Å². The highest BCUT2D eigenvalue weighted by molar-refractivity contribution is 5.85. The van der Waals surface area contributed by atoms with Crippen LogP contribution in [0.3, 0.4) is 0 Å². The maximum atomic E-state index is 12.0. The molecule has 3 N–H and O–H groups in total. The van der Waals surface area contributed by atoms with Crippen molar-refractivity contribution < 1.29 is 18.6 Å². The van der Waals surface area contributed by atoms with Gasteiger partial charge in [0.05, 0.1) is 12.1 Å². The smallest absolute Gasteiger partial charge is 0.387 e. The Balaban J connectivity index is 0.00000289. The monoisotopic (exact) mass is 281 g/mol. The molecule has 18 heavy (non-hydrogen) atoms. The molecule has 0 radical (unpaired) electrons. The summed E-state index contributed by atoms with van der Waals surface area (Å²) in [5.74, 6) is 0.0357. The Bertz CT molecular complexity index is 364. The normalized spacial score (nSPS) is 14.2. The standard InChI is InChI=1S/C12H17F2NO2.ClH/c1-7(2)11(16)10(15)8-4-3-5-9(6-8)17-12(13)14;/h3-7,10-12,16H,15H2,1-2H3;1H/t10-,11+;/m1./s1. The van der Waals surface area contributed by atoms with E-state index in [1.165, 1.54) is 12.1 Å². The van der Waals surface area contributed by atoms with Crippen molar-refractivity contribution in [2.75, 3.05) is 0 Å². The van der Waals surface area contributed by atoms with Crippen LogP contribution in [0.2, 0.25) is 0 Å². The number of hydrogen-bond acceptors (Lipinski definition) is 3. The molecule has 0 heterocycles. The van der Waals surface area contributed by atoms with Crippen molar-refractivity contribution in [1.29, 1.82) is 0 Å². The highest BCUT2D eigenvalue weighted by Gasteiger charge is 2.20. The largest absolute Gasteiger partial charge is 0.435 e. The molecule has 1 aromatic carbocycles. The molecule has 0 aromatic heterocycles. The van der Waals surface area contributed by atoms with Crippen LogP contribution in [0.5, 0.6) is 5.75 Å². The van der Waals surface area contributed by atoms with Crippen LogP contribution in [0.4, 0.5) is 8.78 Å². The molecule has 0 fully saturated rings. The van der Waals surface area contributed by atoms with Gasteiger partial charge in [-0.25, -0.2) is 0 Å². The van der Waals surface area contributed by atoms with Crippen LogP contribution in [0.25, 0.3) is 0 Å². The summed E-state index contributed by atoms with van der Waals surface area (Å²) in [4.78, 5) is 0. The molecule has 0 bridgehead atoms. The molecule has 0 unspecified atom stereocenters. The lowest BCUT2D eigenvalue weighted by molar-refractivity contribution is -0.0499. The number of ether oxygens (including phenoxy) is 1. The summed E-state index contributed by atoms with van der Waals surface area (Å²) in [6.07, 6.45) is -0.725. The van der Waals surface area contributed by atoms with Gasteiger partial charge < -0.3 is 15.6 Å². The maximum absolute atomic E-state index is 12.0. The second-order valence-electron chi connectivity index (χ2n) is 4.21. The first-order chi connectivity index (χ1) is 7.91. The average Bonchev–Trinajstić information content (AvgIpc) is 2.26. The van der Waals surface area contributed by atoms with E-state index in [4.69, 9.17) is 5.73 Å². The quantitative estimate of drug-likeness (QED) is 0.872. The number of benzene rings is 1. The van der Waals surface area contributed by atoms with Gasteiger partial charge in [0, 0.05) is 0 Å². The third-order valence-corrected chi connectivity index (χ3v) is 2.52. The van der Waals surface area contributed by atoms with Crippen LogP contribution in [-0.4, -0.2) is 17.8 Å². The SMILES string of the molecule is CC(C)[C@H](O)[C@H](N)c1cccc(OC(F)F)c1.Cl. The fraction of sp³-hybridized carbons (Fsp3) is 0.500. The molecule has 0 aliphatic carbocycles. The van der Waals surface area contributed by atoms with Crippen LogP contribution >= 0.6 is 12.4 Å². The van der Waals surface area contributed by atoms with Crippen molar-refractivity contribution in [3.63, 3.8) is 0 Å². The zero-order chi connectivity index (χ0) is 13.0. The second kappa shape index (κ2) is 7.51. The van der Waals surface area contributed by atoms with Gasteiger partial charge in [-0.3, -0.25) is 0 Å². The van der Waals surface area contributed by atoms with Crippen molar-refractivity contribution in [3.05, 3.63) is 29.8 Å². The number of alkyl halides is 2. The summed E-state index contributed by atoms with van der Waals surface area (Å²) in [6, 6.07) is 5.47. The summed E-state index contributed by atoms with van der Waals surface area (Å²) in [5, 5.41) is 9.81. The number of nitrogens with two attached hydrogens (primary N) is 1. The van der Waals surface area contributed by atoms with Gasteiger partial charge in [0.1, 0.15) is 5.75 Å². The van der Waals surface area contributed by atoms with E-state index >= 15 is 0 Å². The Hall–Kier alpha value is -0.910. The molecule has 6 heteroatoms. The van der Waals surface area contributed by atoms with Gasteiger partial charge >= 0.3 is 6.61 Å². The van der Waals surface area contributed by atoms with Gasteiger partial charge in [0.25, 0.3) is 0 Å². The van der Waals surface area contributed by atoms with E-state index in [2.05, 4.69) is 4.74 Å². The molecule has 1 rings (SSSR count). The van der Waals surface area contributed by atoms with Crippen LogP contribution in [0.15, 0.2) is 24.3 Å². The van der Waals surface area contributed by atoms with E-state index in [0.717, 1.165) is 0 Å². The lowest BCUT2D eigenvalue weighted by atomic mass is 9.94. The first-order valence-electron chi connectivity index (χ1n) is 5.40. The van der Waals surface area contributed by atoms with E-state index in [9.17, 15) is 13.9 Å². The van der Waals surface area contributed by atoms with Crippen LogP contribution < -0.4 is 10.5 Å². The summed E-state index contributed by atoms with van der Waals surface area (Å²) < 4.78 is 28.3. The van der Waals surface area contributed by atoms with Gasteiger partial charge in [-0.15, -0.1) is 12.4 Å². The molecule has 0 amide bonds. The van der Waals surface area contributed by atoms with Crippen molar-refractivity contribution in [2.24, 2.45) is 11.7 Å². The molecule has 2 atom stereocenters. The van der Waals surface area contributed by atoms with E-state index < -0.39 is 18.8 Å². The van der Waals surface area contributed by atoms with Crippen molar-refractivity contribution in [2.45, 2.75) is 32.6 Å². The fourth-order valence-corrected chi connectivity index (χ4v) is 1.51. The third-order valence-electron chi connectivity index (χ3n) is 2.52. The summed E-state index contributed by atoms with van der Waals surface area (Å²) >= 11 is 0. The lowest BCUT2D eigenvalue weighted by Crippen LogP contribution is -2.30. The van der Waals surface area contributed by atoms with E-state index in [1.807, 2.05) is 13.8 Å². The number of rotatable bonds is 5. The first-order valence-corrected chi connectivity index (χ1v) is 5.40. The summed E-state index contributed by atoms with van der Waals surface area (Å²) in [7, 11) is 0. The van der Waals surface area contributed by atoms with Crippen LogP contribution in [-0.2, 0) is 0 Å². The Kier molecular flexibility index (Phi) is 7.13. The lowest BCUT2D eigenvalue weighted by Gasteiger charge is -2.22. The molecule has 104 valence electrons. The molecule has 1 aromatic rings. The number of halogens is 3. The Labute approximate surface area is 111 Å². The molecule has 0 saturated heterocycles. The number of aliphatic hydroxyl groups excluding tert-OH is 1. The van der Waals surface area contributed by atoms with Gasteiger partial charge in [-0.1, -0.05) is 26.0 Å². The minimum atomic E-state index is -2.86. The summed E-state index contributed by atoms with van der Waals surface area (Å²) in [6.45, 7) is 0.810. The predicted octanol–water partition coefficient (Wildman–Crippen LogP) is 2.73. The fourth-order valence-electron chi connectivity index (χ4n) is 1.51. The first kappa shape index (κ1) is 17.1. The van der Waals surface area contributed by atoms with E-state index in [1.54, 1.807) is 12.1 Å². The van der Waals surface area contributed by atoms with Gasteiger partial charge in [0.15, 0.2) is 0 Å². The Morgan fingerprint density at radius 3 is 2.39 bits per heavy atom. The molecule has 0 aliphatic rings. The highest BCUT2D eigenvalue weighted by Crippen LogP contribution is 2.24. The molecule has 0 spiro atoms. The topological polar surface area (TPSA) is 55.5 Å². The number of aliphatic hydroxyl groups is 1. The maximum Gasteiger partial charge on any atom is 0.387 e. The average molecular weight is 282 g/mol. The zero-order valence-corrected chi connectivity index (χ0v) is 11.0. The number of hydrogen-bond donors (Lipinski definition) is 2. The molecular formula is C12H18ClF2NO2. The van der Waals surface area contributed by atoms with Crippen molar-refractivity contribution in [3.8, 4) is 5.75 Å². The van der Waals surface area contributed by atoms with Crippen molar-refractivity contribution in [1.82, 2.24) is 0 Å².